The number of ether oxygens (including phenoxy) is 1. The maximum absolute atomic E-state index is 6.17. The van der Waals surface area contributed by atoms with Crippen LogP contribution in [0.2, 0.25) is 0 Å². The number of benzene rings is 1. The third-order valence-electron chi connectivity index (χ3n) is 5.09. The second kappa shape index (κ2) is 6.77. The van der Waals surface area contributed by atoms with Gasteiger partial charge in [0.05, 0.1) is 0 Å². The van der Waals surface area contributed by atoms with Crippen molar-refractivity contribution in [3.05, 3.63) is 30.3 Å². The zero-order valence-corrected chi connectivity index (χ0v) is 12.8. The Morgan fingerprint density at radius 1 is 1.00 bits per heavy atom. The fourth-order valence-electron chi connectivity index (χ4n) is 3.72. The van der Waals surface area contributed by atoms with Gasteiger partial charge in [-0.05, 0) is 31.4 Å². The first-order valence-corrected chi connectivity index (χ1v) is 8.17. The molecule has 4 nitrogen and oxygen atoms in total. The summed E-state index contributed by atoms with van der Waals surface area (Å²) in [6, 6.07) is 10.7. The normalized spacial score (nSPS) is 28.3. The van der Waals surface area contributed by atoms with Gasteiger partial charge in [0.25, 0.3) is 0 Å². The summed E-state index contributed by atoms with van der Waals surface area (Å²) in [5.74, 6) is 0. The van der Waals surface area contributed by atoms with Crippen LogP contribution in [-0.2, 0) is 4.74 Å². The van der Waals surface area contributed by atoms with Crippen LogP contribution in [0.3, 0.4) is 0 Å². The molecule has 21 heavy (non-hydrogen) atoms. The van der Waals surface area contributed by atoms with Gasteiger partial charge in [-0.15, -0.1) is 0 Å². The van der Waals surface area contributed by atoms with Crippen molar-refractivity contribution in [1.82, 2.24) is 4.90 Å². The molecule has 2 N–H and O–H groups in total. The van der Waals surface area contributed by atoms with E-state index in [-0.39, 0.29) is 5.54 Å². The summed E-state index contributed by atoms with van der Waals surface area (Å²) >= 11 is 0. The first-order valence-electron chi connectivity index (χ1n) is 8.17. The monoisotopic (exact) mass is 289 g/mol. The SMILES string of the molecule is NCC1(N2CCN(c3ccccc3)CC2)CCCOCC1. The van der Waals surface area contributed by atoms with Gasteiger partial charge in [0.15, 0.2) is 0 Å². The van der Waals surface area contributed by atoms with Crippen molar-refractivity contribution in [3.8, 4) is 0 Å². The molecule has 116 valence electrons. The molecule has 0 aliphatic carbocycles. The van der Waals surface area contributed by atoms with Crippen LogP contribution >= 0.6 is 0 Å². The lowest BCUT2D eigenvalue weighted by Gasteiger charge is -2.47. The molecular weight excluding hydrogens is 262 g/mol. The highest BCUT2D eigenvalue weighted by Crippen LogP contribution is 2.29. The number of hydrogen-bond acceptors (Lipinski definition) is 4. The van der Waals surface area contributed by atoms with Crippen LogP contribution in [0, 0.1) is 0 Å². The van der Waals surface area contributed by atoms with E-state index < -0.39 is 0 Å². The number of anilines is 1. The van der Waals surface area contributed by atoms with E-state index in [1.54, 1.807) is 0 Å². The van der Waals surface area contributed by atoms with E-state index in [4.69, 9.17) is 10.5 Å². The van der Waals surface area contributed by atoms with Crippen molar-refractivity contribution < 1.29 is 4.74 Å². The highest BCUT2D eigenvalue weighted by molar-refractivity contribution is 5.46. The molecule has 2 saturated heterocycles. The van der Waals surface area contributed by atoms with Gasteiger partial charge in [-0.1, -0.05) is 18.2 Å². The minimum Gasteiger partial charge on any atom is -0.381 e. The standard InChI is InChI=1S/C17H27N3O/c18-15-17(7-4-13-21-14-8-17)20-11-9-19(10-12-20)16-5-2-1-3-6-16/h1-3,5-6H,4,7-15,18H2. The molecule has 1 aromatic rings. The summed E-state index contributed by atoms with van der Waals surface area (Å²) in [5.41, 5.74) is 7.68. The largest absolute Gasteiger partial charge is 0.381 e. The first-order chi connectivity index (χ1) is 10.3. The zero-order chi connectivity index (χ0) is 14.5. The minimum atomic E-state index is 0.166. The molecule has 0 saturated carbocycles. The Balaban J connectivity index is 1.64. The van der Waals surface area contributed by atoms with E-state index in [1.807, 2.05) is 0 Å². The third-order valence-corrected chi connectivity index (χ3v) is 5.09. The highest BCUT2D eigenvalue weighted by Gasteiger charge is 2.37. The van der Waals surface area contributed by atoms with Crippen LogP contribution in [0.5, 0.6) is 0 Å². The Morgan fingerprint density at radius 3 is 2.48 bits per heavy atom. The maximum Gasteiger partial charge on any atom is 0.0484 e. The molecule has 2 aliphatic rings. The summed E-state index contributed by atoms with van der Waals surface area (Å²) in [5, 5.41) is 0. The summed E-state index contributed by atoms with van der Waals surface area (Å²) in [7, 11) is 0. The lowest BCUT2D eigenvalue weighted by Crippen LogP contribution is -2.60. The van der Waals surface area contributed by atoms with E-state index >= 15 is 0 Å². The molecule has 0 spiro atoms. The van der Waals surface area contributed by atoms with Gasteiger partial charge in [0.2, 0.25) is 0 Å². The Kier molecular flexibility index (Phi) is 4.78. The van der Waals surface area contributed by atoms with E-state index in [0.29, 0.717) is 0 Å². The summed E-state index contributed by atoms with van der Waals surface area (Å²) in [6.45, 7) is 6.89. The zero-order valence-electron chi connectivity index (χ0n) is 12.8. The number of para-hydroxylation sites is 1. The Hall–Kier alpha value is -1.10. The van der Waals surface area contributed by atoms with Crippen LogP contribution in [0.15, 0.2) is 30.3 Å². The van der Waals surface area contributed by atoms with Gasteiger partial charge >= 0.3 is 0 Å². The van der Waals surface area contributed by atoms with Crippen molar-refractivity contribution in [1.29, 1.82) is 0 Å². The second-order valence-corrected chi connectivity index (χ2v) is 6.20. The van der Waals surface area contributed by atoms with Crippen LogP contribution in [0.4, 0.5) is 5.69 Å². The molecular formula is C17H27N3O. The van der Waals surface area contributed by atoms with Gasteiger partial charge in [0.1, 0.15) is 0 Å². The summed E-state index contributed by atoms with van der Waals surface area (Å²) in [6.07, 6.45) is 3.39. The molecule has 4 heteroatoms. The van der Waals surface area contributed by atoms with Crippen LogP contribution in [-0.4, -0.2) is 56.4 Å². The molecule has 0 radical (unpaired) electrons. The second-order valence-electron chi connectivity index (χ2n) is 6.20. The molecule has 1 unspecified atom stereocenters. The van der Waals surface area contributed by atoms with Crippen LogP contribution < -0.4 is 10.6 Å². The third kappa shape index (κ3) is 3.23. The highest BCUT2D eigenvalue weighted by atomic mass is 16.5. The number of nitrogens with two attached hydrogens (primary N) is 1. The maximum atomic E-state index is 6.17. The van der Waals surface area contributed by atoms with Crippen molar-refractivity contribution in [2.45, 2.75) is 24.8 Å². The molecule has 1 aromatic carbocycles. The Bertz CT molecular complexity index is 421. The molecule has 0 amide bonds. The number of hydrogen-bond donors (Lipinski definition) is 1. The van der Waals surface area contributed by atoms with E-state index in [0.717, 1.165) is 58.8 Å². The lowest BCUT2D eigenvalue weighted by atomic mass is 9.88. The Labute approximate surface area is 127 Å². The van der Waals surface area contributed by atoms with Crippen LogP contribution in [0.25, 0.3) is 0 Å². The van der Waals surface area contributed by atoms with Gasteiger partial charge in [-0.3, -0.25) is 4.90 Å². The van der Waals surface area contributed by atoms with Gasteiger partial charge in [0, 0.05) is 57.2 Å². The molecule has 2 fully saturated rings. The lowest BCUT2D eigenvalue weighted by molar-refractivity contribution is 0.0619. The predicted molar refractivity (Wildman–Crippen MR) is 86.7 cm³/mol. The minimum absolute atomic E-state index is 0.166. The molecule has 1 atom stereocenters. The van der Waals surface area contributed by atoms with Crippen molar-refractivity contribution in [2.75, 3.05) is 50.8 Å². The predicted octanol–water partition coefficient (Wildman–Crippen LogP) is 1.71. The first kappa shape index (κ1) is 14.8. The fourth-order valence-corrected chi connectivity index (χ4v) is 3.72. The molecule has 0 bridgehead atoms. The summed E-state index contributed by atoms with van der Waals surface area (Å²) in [4.78, 5) is 5.11. The number of nitrogens with zero attached hydrogens (tertiary/aromatic N) is 2. The van der Waals surface area contributed by atoms with Gasteiger partial charge < -0.3 is 15.4 Å². The summed E-state index contributed by atoms with van der Waals surface area (Å²) < 4.78 is 5.64. The van der Waals surface area contributed by atoms with Crippen molar-refractivity contribution >= 4 is 5.69 Å². The topological polar surface area (TPSA) is 41.7 Å². The quantitative estimate of drug-likeness (QED) is 0.920. The van der Waals surface area contributed by atoms with Gasteiger partial charge in [-0.25, -0.2) is 0 Å². The fraction of sp³-hybridized carbons (Fsp3) is 0.647. The smallest absolute Gasteiger partial charge is 0.0484 e. The number of piperazine rings is 1. The number of rotatable bonds is 3. The van der Waals surface area contributed by atoms with E-state index in [9.17, 15) is 0 Å². The molecule has 0 aromatic heterocycles. The van der Waals surface area contributed by atoms with Crippen molar-refractivity contribution in [3.63, 3.8) is 0 Å². The van der Waals surface area contributed by atoms with E-state index in [2.05, 4.69) is 40.1 Å². The average Bonchev–Trinajstić information content (AvgIpc) is 2.82. The Morgan fingerprint density at radius 2 is 1.76 bits per heavy atom. The molecule has 2 heterocycles. The van der Waals surface area contributed by atoms with Crippen LogP contribution in [0.1, 0.15) is 19.3 Å². The van der Waals surface area contributed by atoms with Gasteiger partial charge in [-0.2, -0.15) is 0 Å². The molecule has 3 rings (SSSR count). The molecule has 2 aliphatic heterocycles. The van der Waals surface area contributed by atoms with Crippen molar-refractivity contribution in [2.24, 2.45) is 5.73 Å². The average molecular weight is 289 g/mol. The van der Waals surface area contributed by atoms with E-state index in [1.165, 1.54) is 12.1 Å².